The third-order valence-electron chi connectivity index (χ3n) is 0. The first-order chi connectivity index (χ1) is 3.46. The van der Waals surface area contributed by atoms with Gasteiger partial charge in [0.2, 0.25) is 0 Å². The van der Waals surface area contributed by atoms with Gasteiger partial charge in [-0.15, -0.1) is 0 Å². The van der Waals surface area contributed by atoms with E-state index >= 15 is 0 Å². The first kappa shape index (κ1) is 16.8. The van der Waals surface area contributed by atoms with E-state index in [4.69, 9.17) is 30.1 Å². The zero-order valence-corrected chi connectivity index (χ0v) is 8.95. The molecule has 0 spiro atoms. The van der Waals surface area contributed by atoms with Gasteiger partial charge in [-0.05, 0) is 0 Å². The number of hydrogen-bond donors (Lipinski definition) is 0. The van der Waals surface area contributed by atoms with Crippen LogP contribution in [0, 0.1) is 12.8 Å². The molecule has 0 fully saturated rings. The Morgan fingerprint density at radius 2 is 1.22 bits per heavy atom. The van der Waals surface area contributed by atoms with Crippen LogP contribution in [0.5, 0.6) is 0 Å². The van der Waals surface area contributed by atoms with Gasteiger partial charge < -0.3 is 13.1 Å². The van der Waals surface area contributed by atoms with Crippen LogP contribution in [0.3, 0.4) is 0 Å². The molecule has 0 aromatic heterocycles. The fraction of sp³-hybridized carbons (Fsp3) is 0.750. The van der Waals surface area contributed by atoms with Gasteiger partial charge in [-0.3, -0.25) is 0 Å². The molecule has 61 valence electrons. The number of nitrogens with two attached hydrogens (primary N) is 1. The van der Waals surface area contributed by atoms with Crippen molar-refractivity contribution in [1.82, 2.24) is 0 Å². The summed E-state index contributed by atoms with van der Waals surface area (Å²) in [5.41, 5.74) is 0. The van der Waals surface area contributed by atoms with E-state index in [1.165, 1.54) is 0 Å². The minimum absolute atomic E-state index is 0. The average molecular weight is 231 g/mol. The molecule has 0 aliphatic rings. The Labute approximate surface area is 74.3 Å². The van der Waals surface area contributed by atoms with Gasteiger partial charge >= 0.3 is 41.5 Å². The van der Waals surface area contributed by atoms with E-state index in [0.717, 1.165) is 0 Å². The topological polar surface area (TPSA) is 33.5 Å². The van der Waals surface area contributed by atoms with Gasteiger partial charge in [0.25, 0.3) is 0 Å². The van der Waals surface area contributed by atoms with E-state index in [-0.39, 0.29) is 6.15 Å². The normalized spacial score (nSPS) is 8.00. The van der Waals surface area contributed by atoms with E-state index in [0.29, 0.717) is 5.92 Å². The Hall–Kier alpha value is 1.36. The standard InChI is InChI=1S/C4H9.3ClH.Cr.H2N/c1-4(2)3;;;;;/h4H,1H2,2-3H3;3*1H;;1H2/q-1;;;;+3;-1/p-3. The van der Waals surface area contributed by atoms with E-state index in [1.54, 1.807) is 0 Å². The molecule has 0 amide bonds. The molecular formula is C4H11Cl3CrN-2. The average Bonchev–Trinajstić information content (AvgIpc) is 1.25. The number of hydrogen-bond acceptors (Lipinski definition) is 0. The first-order valence-corrected chi connectivity index (χ1v) is 7.29. The minimum Gasteiger partial charge on any atom is -0.693 e. The van der Waals surface area contributed by atoms with E-state index < -0.39 is 11.4 Å². The Bertz CT molecular complexity index is 31.3. The van der Waals surface area contributed by atoms with Crippen molar-refractivity contribution in [3.63, 3.8) is 0 Å². The molecule has 0 rings (SSSR count). The van der Waals surface area contributed by atoms with Gasteiger partial charge in [0.15, 0.2) is 0 Å². The predicted molar refractivity (Wildman–Crippen MR) is 43.0 cm³/mol. The van der Waals surface area contributed by atoms with Crippen molar-refractivity contribution in [3.05, 3.63) is 13.1 Å². The maximum atomic E-state index is 4.93. The molecule has 0 saturated carbocycles. The summed E-state index contributed by atoms with van der Waals surface area (Å²) in [6.45, 7) is 7.75. The summed E-state index contributed by atoms with van der Waals surface area (Å²) in [5.74, 6) is 0.583. The first-order valence-electron chi connectivity index (χ1n) is 2.03. The molecule has 0 saturated heterocycles. The number of halogens is 3. The maximum Gasteiger partial charge on any atom is -0.693 e. The fourth-order valence-electron chi connectivity index (χ4n) is 0. The van der Waals surface area contributed by atoms with E-state index in [2.05, 4.69) is 20.8 Å². The predicted octanol–water partition coefficient (Wildman–Crippen LogP) is 4.26. The molecule has 9 heavy (non-hydrogen) atoms. The van der Waals surface area contributed by atoms with Gasteiger partial charge in [0.05, 0.1) is 0 Å². The van der Waals surface area contributed by atoms with E-state index in [9.17, 15) is 0 Å². The SMILES string of the molecule is [CH2-]C(C)C.[Cl][Cr]([Cl])[Cl].[NH2-]. The number of rotatable bonds is 0. The largest absolute Gasteiger partial charge is 0.693 e. The summed E-state index contributed by atoms with van der Waals surface area (Å²) in [6.07, 6.45) is 0. The molecule has 0 heterocycles. The van der Waals surface area contributed by atoms with Gasteiger partial charge in [0.1, 0.15) is 0 Å². The van der Waals surface area contributed by atoms with Crippen molar-refractivity contribution < 1.29 is 11.4 Å². The summed E-state index contributed by atoms with van der Waals surface area (Å²) >= 11 is -1.62. The van der Waals surface area contributed by atoms with Crippen LogP contribution in [0.4, 0.5) is 0 Å². The maximum absolute atomic E-state index is 4.93. The van der Waals surface area contributed by atoms with Crippen molar-refractivity contribution >= 4 is 30.1 Å². The monoisotopic (exact) mass is 230 g/mol. The smallest absolute Gasteiger partial charge is 0.693 e. The Morgan fingerprint density at radius 3 is 1.22 bits per heavy atom. The second-order valence-corrected chi connectivity index (χ2v) is 7.89. The summed E-state index contributed by atoms with van der Waals surface area (Å²) < 4.78 is 0. The van der Waals surface area contributed by atoms with Crippen LogP contribution >= 0.6 is 30.1 Å². The Kier molecular flexibility index (Phi) is 22.5. The third-order valence-corrected chi connectivity index (χ3v) is 0. The van der Waals surface area contributed by atoms with Gasteiger partial charge in [0, 0.05) is 0 Å². The molecule has 0 unspecified atom stereocenters. The summed E-state index contributed by atoms with van der Waals surface area (Å²) in [7, 11) is 14.8. The van der Waals surface area contributed by atoms with E-state index in [1.807, 2.05) is 0 Å². The van der Waals surface area contributed by atoms with Crippen LogP contribution in [-0.4, -0.2) is 0 Å². The molecule has 0 aliphatic heterocycles. The zero-order valence-electron chi connectivity index (χ0n) is 5.40. The quantitative estimate of drug-likeness (QED) is 0.558. The molecule has 0 atom stereocenters. The molecule has 5 heteroatoms. The molecule has 0 aromatic rings. The van der Waals surface area contributed by atoms with Gasteiger partial charge in [-0.1, -0.05) is 13.8 Å². The van der Waals surface area contributed by atoms with Crippen molar-refractivity contribution in [2.24, 2.45) is 5.92 Å². The van der Waals surface area contributed by atoms with Crippen molar-refractivity contribution in [2.75, 3.05) is 0 Å². The van der Waals surface area contributed by atoms with Crippen LogP contribution in [-0.2, 0) is 11.4 Å². The van der Waals surface area contributed by atoms with Crippen molar-refractivity contribution in [2.45, 2.75) is 13.8 Å². The Balaban J connectivity index is -0.0000000720. The second kappa shape index (κ2) is 12.1. The van der Waals surface area contributed by atoms with Crippen LogP contribution < -0.4 is 0 Å². The summed E-state index contributed by atoms with van der Waals surface area (Å²) in [5, 5.41) is 0. The summed E-state index contributed by atoms with van der Waals surface area (Å²) in [4.78, 5) is 0. The fourth-order valence-corrected chi connectivity index (χ4v) is 0. The summed E-state index contributed by atoms with van der Waals surface area (Å²) in [6, 6.07) is 0. The van der Waals surface area contributed by atoms with Crippen LogP contribution in [0.25, 0.3) is 6.15 Å². The van der Waals surface area contributed by atoms with Gasteiger partial charge in [-0.25, -0.2) is 0 Å². The van der Waals surface area contributed by atoms with Crippen molar-refractivity contribution in [1.29, 1.82) is 0 Å². The minimum atomic E-state index is -1.62. The zero-order chi connectivity index (χ0) is 7.15. The van der Waals surface area contributed by atoms with Crippen LogP contribution in [0.15, 0.2) is 0 Å². The van der Waals surface area contributed by atoms with Crippen molar-refractivity contribution in [3.8, 4) is 0 Å². The molecule has 0 aromatic carbocycles. The molecule has 1 nitrogen and oxygen atoms in total. The molecule has 0 aliphatic carbocycles. The molecular weight excluding hydrogens is 220 g/mol. The van der Waals surface area contributed by atoms with Crippen LogP contribution in [0.1, 0.15) is 13.8 Å². The van der Waals surface area contributed by atoms with Gasteiger partial charge in [-0.2, -0.15) is 5.92 Å². The third kappa shape index (κ3) is 273. The second-order valence-electron chi connectivity index (χ2n) is 1.57. The molecule has 2 N–H and O–H groups in total. The van der Waals surface area contributed by atoms with Crippen LogP contribution in [0.2, 0.25) is 0 Å². The molecule has 0 radical (unpaired) electrons. The molecule has 0 bridgehead atoms. The Morgan fingerprint density at radius 1 is 1.22 bits per heavy atom.